The number of carbonyl (C=O) groups excluding carboxylic acids is 1. The maximum atomic E-state index is 11.8. The van der Waals surface area contributed by atoms with E-state index in [1.807, 2.05) is 6.07 Å². The van der Waals surface area contributed by atoms with Crippen molar-refractivity contribution < 1.29 is 19.0 Å². The number of amides is 1. The highest BCUT2D eigenvalue weighted by atomic mass is 35.5. The van der Waals surface area contributed by atoms with Crippen LogP contribution in [0, 0.1) is 11.3 Å². The van der Waals surface area contributed by atoms with Gasteiger partial charge in [0.25, 0.3) is 5.91 Å². The van der Waals surface area contributed by atoms with E-state index in [4.69, 9.17) is 31.1 Å². The van der Waals surface area contributed by atoms with E-state index in [0.717, 1.165) is 0 Å². The number of rotatable bonds is 5. The van der Waals surface area contributed by atoms with Gasteiger partial charge < -0.3 is 14.2 Å². The Labute approximate surface area is 148 Å². The summed E-state index contributed by atoms with van der Waals surface area (Å²) >= 11 is 6.10. The Balaban J connectivity index is 1.56. The third-order valence-corrected chi connectivity index (χ3v) is 3.58. The molecule has 3 rings (SSSR count). The van der Waals surface area contributed by atoms with Gasteiger partial charge in [-0.1, -0.05) is 23.7 Å². The maximum Gasteiger partial charge on any atom is 0.277 e. The number of hydrogen-bond acceptors (Lipinski definition) is 6. The van der Waals surface area contributed by atoms with E-state index in [1.54, 1.807) is 36.4 Å². The number of nitriles is 1. The SMILES string of the molecule is N#Cc1ccccc1OCC(=O)N/N=C/c1cc2c(cc1Cl)OCO2. The number of halogens is 1. The zero-order valence-electron chi connectivity index (χ0n) is 12.9. The molecule has 2 aromatic rings. The van der Waals surface area contributed by atoms with Crippen molar-refractivity contribution in [2.75, 3.05) is 13.4 Å². The van der Waals surface area contributed by atoms with E-state index in [9.17, 15) is 4.79 Å². The summed E-state index contributed by atoms with van der Waals surface area (Å²) in [5.74, 6) is 0.994. The van der Waals surface area contributed by atoms with Crippen LogP contribution in [0.5, 0.6) is 17.2 Å². The third kappa shape index (κ3) is 4.00. The summed E-state index contributed by atoms with van der Waals surface area (Å²) in [6.07, 6.45) is 1.39. The molecule has 25 heavy (non-hydrogen) atoms. The molecule has 2 aromatic carbocycles. The van der Waals surface area contributed by atoms with Gasteiger partial charge in [0.05, 0.1) is 16.8 Å². The number of ether oxygens (including phenoxy) is 3. The minimum atomic E-state index is -0.471. The summed E-state index contributed by atoms with van der Waals surface area (Å²) in [7, 11) is 0. The first kappa shape index (κ1) is 16.6. The van der Waals surface area contributed by atoms with Gasteiger partial charge in [0, 0.05) is 11.6 Å². The summed E-state index contributed by atoms with van der Waals surface area (Å²) < 4.78 is 15.8. The minimum Gasteiger partial charge on any atom is -0.482 e. The number of benzene rings is 2. The van der Waals surface area contributed by atoms with E-state index in [2.05, 4.69) is 10.5 Å². The molecule has 0 aliphatic carbocycles. The van der Waals surface area contributed by atoms with Gasteiger partial charge in [-0.2, -0.15) is 10.4 Å². The van der Waals surface area contributed by atoms with Crippen molar-refractivity contribution in [1.82, 2.24) is 5.43 Å². The van der Waals surface area contributed by atoms with Gasteiger partial charge in [0.1, 0.15) is 11.8 Å². The number of carbonyl (C=O) groups is 1. The van der Waals surface area contributed by atoms with E-state index in [1.165, 1.54) is 6.21 Å². The predicted octanol–water partition coefficient (Wildman–Crippen LogP) is 2.47. The van der Waals surface area contributed by atoms with Gasteiger partial charge in [-0.25, -0.2) is 5.43 Å². The van der Waals surface area contributed by atoms with Gasteiger partial charge >= 0.3 is 0 Å². The molecule has 126 valence electrons. The minimum absolute atomic E-state index is 0.143. The molecule has 1 aliphatic heterocycles. The lowest BCUT2D eigenvalue weighted by Crippen LogP contribution is -2.24. The average Bonchev–Trinajstić information content (AvgIpc) is 3.07. The van der Waals surface area contributed by atoms with Crippen LogP contribution in [0.15, 0.2) is 41.5 Å². The zero-order chi connectivity index (χ0) is 17.6. The fraction of sp³-hybridized carbons (Fsp3) is 0.118. The number of nitrogens with zero attached hydrogens (tertiary/aromatic N) is 2. The Kier molecular flexibility index (Phi) is 5.02. The second kappa shape index (κ2) is 7.55. The Morgan fingerprint density at radius 3 is 2.92 bits per heavy atom. The topological polar surface area (TPSA) is 92.9 Å². The van der Waals surface area contributed by atoms with Crippen LogP contribution in [0.2, 0.25) is 5.02 Å². The summed E-state index contributed by atoms with van der Waals surface area (Å²) in [6, 6.07) is 11.9. The molecule has 0 saturated carbocycles. The molecule has 7 nitrogen and oxygen atoms in total. The van der Waals surface area contributed by atoms with Crippen LogP contribution in [-0.2, 0) is 4.79 Å². The summed E-state index contributed by atoms with van der Waals surface area (Å²) in [4.78, 5) is 11.8. The van der Waals surface area contributed by atoms with Crippen molar-refractivity contribution >= 4 is 23.7 Å². The average molecular weight is 358 g/mol. The molecular weight excluding hydrogens is 346 g/mol. The van der Waals surface area contributed by atoms with Crippen LogP contribution in [0.1, 0.15) is 11.1 Å². The standard InChI is InChI=1S/C17H12ClN3O4/c18-13-6-16-15(24-10-25-16)5-12(13)8-20-21-17(22)9-23-14-4-2-1-3-11(14)7-19/h1-6,8H,9-10H2,(H,21,22)/b20-8+. The summed E-state index contributed by atoms with van der Waals surface area (Å²) in [5, 5.41) is 13.2. The van der Waals surface area contributed by atoms with Crippen molar-refractivity contribution in [3.8, 4) is 23.3 Å². The molecule has 1 amide bonds. The van der Waals surface area contributed by atoms with Gasteiger partial charge in [-0.05, 0) is 18.2 Å². The molecule has 8 heteroatoms. The van der Waals surface area contributed by atoms with E-state index >= 15 is 0 Å². The molecule has 0 unspecified atom stereocenters. The Hall–Kier alpha value is -3.24. The van der Waals surface area contributed by atoms with Crippen LogP contribution < -0.4 is 19.6 Å². The summed E-state index contributed by atoms with van der Waals surface area (Å²) in [5.41, 5.74) is 3.25. The first-order valence-electron chi connectivity index (χ1n) is 7.20. The highest BCUT2D eigenvalue weighted by Gasteiger charge is 2.15. The molecule has 0 saturated heterocycles. The molecule has 0 spiro atoms. The fourth-order valence-corrected chi connectivity index (χ4v) is 2.27. The lowest BCUT2D eigenvalue weighted by Gasteiger charge is -2.06. The lowest BCUT2D eigenvalue weighted by atomic mass is 10.2. The largest absolute Gasteiger partial charge is 0.482 e. The quantitative estimate of drug-likeness (QED) is 0.655. The molecule has 1 N–H and O–H groups in total. The Morgan fingerprint density at radius 2 is 2.12 bits per heavy atom. The number of nitrogens with one attached hydrogen (secondary N) is 1. The molecule has 0 aromatic heterocycles. The normalized spacial score (nSPS) is 12.0. The molecule has 1 heterocycles. The first-order chi connectivity index (χ1) is 12.2. The van der Waals surface area contributed by atoms with Crippen LogP contribution in [0.3, 0.4) is 0 Å². The van der Waals surface area contributed by atoms with Crippen molar-refractivity contribution in [2.24, 2.45) is 5.10 Å². The number of hydrazone groups is 1. The maximum absolute atomic E-state index is 11.8. The molecule has 0 bridgehead atoms. The second-order valence-corrected chi connectivity index (χ2v) is 5.32. The van der Waals surface area contributed by atoms with Crippen molar-refractivity contribution in [3.63, 3.8) is 0 Å². The van der Waals surface area contributed by atoms with Crippen molar-refractivity contribution in [1.29, 1.82) is 5.26 Å². The zero-order valence-corrected chi connectivity index (χ0v) is 13.6. The van der Waals surface area contributed by atoms with Crippen LogP contribution in [-0.4, -0.2) is 25.5 Å². The number of hydrogen-bond donors (Lipinski definition) is 1. The van der Waals surface area contributed by atoms with Crippen LogP contribution in [0.25, 0.3) is 0 Å². The van der Waals surface area contributed by atoms with Crippen molar-refractivity contribution in [3.05, 3.63) is 52.5 Å². The van der Waals surface area contributed by atoms with E-state index in [0.29, 0.717) is 33.4 Å². The van der Waals surface area contributed by atoms with Crippen LogP contribution >= 0.6 is 11.6 Å². The fourth-order valence-electron chi connectivity index (χ4n) is 2.07. The van der Waals surface area contributed by atoms with Gasteiger partial charge in [-0.3, -0.25) is 4.79 Å². The number of fused-ring (bicyclic) bond motifs is 1. The first-order valence-corrected chi connectivity index (χ1v) is 7.58. The van der Waals surface area contributed by atoms with E-state index < -0.39 is 5.91 Å². The second-order valence-electron chi connectivity index (χ2n) is 4.92. The molecule has 0 atom stereocenters. The molecule has 0 fully saturated rings. The Bertz CT molecular complexity index is 877. The highest BCUT2D eigenvalue weighted by Crippen LogP contribution is 2.36. The molecular formula is C17H12ClN3O4. The lowest BCUT2D eigenvalue weighted by molar-refractivity contribution is -0.123. The highest BCUT2D eigenvalue weighted by molar-refractivity contribution is 6.33. The molecule has 0 radical (unpaired) electrons. The number of para-hydroxylation sites is 1. The van der Waals surface area contributed by atoms with Gasteiger partial charge in [-0.15, -0.1) is 0 Å². The third-order valence-electron chi connectivity index (χ3n) is 3.25. The van der Waals surface area contributed by atoms with E-state index in [-0.39, 0.29) is 13.4 Å². The smallest absolute Gasteiger partial charge is 0.277 e. The summed E-state index contributed by atoms with van der Waals surface area (Å²) in [6.45, 7) is -0.130. The predicted molar refractivity (Wildman–Crippen MR) is 90.0 cm³/mol. The van der Waals surface area contributed by atoms with Gasteiger partial charge in [0.15, 0.2) is 18.1 Å². The van der Waals surface area contributed by atoms with Gasteiger partial charge in [0.2, 0.25) is 6.79 Å². The molecule has 1 aliphatic rings. The van der Waals surface area contributed by atoms with Crippen LogP contribution in [0.4, 0.5) is 0 Å². The van der Waals surface area contributed by atoms with Crippen molar-refractivity contribution in [2.45, 2.75) is 0 Å². The monoisotopic (exact) mass is 357 g/mol. The Morgan fingerprint density at radius 1 is 1.36 bits per heavy atom.